The molecule has 1 N–H and O–H groups in total. The molecule has 0 radical (unpaired) electrons. The van der Waals surface area contributed by atoms with Crippen LogP contribution in [-0.2, 0) is 10.9 Å². The Bertz CT molecular complexity index is 1580. The first-order chi connectivity index (χ1) is 17.5. The van der Waals surface area contributed by atoms with Gasteiger partial charge < -0.3 is 10.1 Å². The van der Waals surface area contributed by atoms with E-state index in [1.54, 1.807) is 6.92 Å². The second-order valence-electron chi connectivity index (χ2n) is 7.44. The van der Waals surface area contributed by atoms with Crippen LogP contribution in [0, 0.1) is 10.1 Å². The van der Waals surface area contributed by atoms with Crippen LogP contribution in [0.4, 0.5) is 23.9 Å². The number of non-ortho nitro benzene ring substituents is 1. The van der Waals surface area contributed by atoms with E-state index in [9.17, 15) is 37.7 Å². The van der Waals surface area contributed by atoms with Crippen LogP contribution < -0.4 is 10.9 Å². The molecule has 10 nitrogen and oxygen atoms in total. The highest BCUT2D eigenvalue weighted by Crippen LogP contribution is 2.32. The van der Waals surface area contributed by atoms with Gasteiger partial charge in [-0.3, -0.25) is 19.7 Å². The first-order valence-electron chi connectivity index (χ1n) is 10.5. The van der Waals surface area contributed by atoms with E-state index in [-0.39, 0.29) is 45.0 Å². The molecular weight excluding hydrogens is 517 g/mol. The van der Waals surface area contributed by atoms with Crippen molar-refractivity contribution < 1.29 is 32.4 Å². The number of carbonyl (C=O) groups is 2. The third-order valence-corrected chi connectivity index (χ3v) is 6.02. The number of thiophene rings is 1. The van der Waals surface area contributed by atoms with E-state index in [1.165, 1.54) is 17.5 Å². The molecule has 2 heterocycles. The van der Waals surface area contributed by atoms with Gasteiger partial charge in [-0.05, 0) is 43.3 Å². The quantitative estimate of drug-likeness (QED) is 0.214. The fourth-order valence-electron chi connectivity index (χ4n) is 3.37. The van der Waals surface area contributed by atoms with E-state index in [0.29, 0.717) is 0 Å². The predicted molar refractivity (Wildman–Crippen MR) is 127 cm³/mol. The lowest BCUT2D eigenvalue weighted by atomic mass is 10.2. The molecule has 4 rings (SSSR count). The second-order valence-corrected chi connectivity index (χ2v) is 8.32. The highest BCUT2D eigenvalue weighted by molar-refractivity contribution is 7.16. The number of nitro benzene ring substituents is 1. The molecule has 0 unspecified atom stereocenters. The molecule has 2 aromatic heterocycles. The lowest BCUT2D eigenvalue weighted by Crippen LogP contribution is -2.25. The molecule has 37 heavy (non-hydrogen) atoms. The zero-order valence-electron chi connectivity index (χ0n) is 18.7. The number of hydrogen-bond acceptors (Lipinski definition) is 8. The number of nitrogens with zero attached hydrogens (tertiary/aromatic N) is 3. The number of halogens is 3. The van der Waals surface area contributed by atoms with Gasteiger partial charge in [-0.2, -0.15) is 23.0 Å². The van der Waals surface area contributed by atoms with E-state index in [0.717, 1.165) is 52.4 Å². The summed E-state index contributed by atoms with van der Waals surface area (Å²) in [6.07, 6.45) is -4.60. The van der Waals surface area contributed by atoms with Gasteiger partial charge in [0.25, 0.3) is 17.2 Å². The molecule has 0 aliphatic rings. The highest BCUT2D eigenvalue weighted by atomic mass is 32.1. The van der Waals surface area contributed by atoms with Crippen molar-refractivity contribution in [3.63, 3.8) is 0 Å². The predicted octanol–water partition coefficient (Wildman–Crippen LogP) is 4.80. The number of hydrogen-bond donors (Lipinski definition) is 1. The van der Waals surface area contributed by atoms with E-state index in [4.69, 9.17) is 4.74 Å². The van der Waals surface area contributed by atoms with Gasteiger partial charge in [0, 0.05) is 28.5 Å². The monoisotopic (exact) mass is 532 g/mol. The number of anilines is 1. The number of carbonyl (C=O) groups excluding carboxylic acids is 2. The Kier molecular flexibility index (Phi) is 6.76. The maximum Gasteiger partial charge on any atom is 0.416 e. The van der Waals surface area contributed by atoms with Crippen molar-refractivity contribution in [2.45, 2.75) is 13.1 Å². The number of ether oxygens (including phenoxy) is 1. The molecule has 1 amide bonds. The number of nitrogens with one attached hydrogen (secondary N) is 1. The Balaban J connectivity index is 1.82. The number of esters is 1. The molecule has 0 atom stereocenters. The van der Waals surface area contributed by atoms with E-state index in [2.05, 4.69) is 10.4 Å². The molecule has 0 aliphatic heterocycles. The number of aromatic nitrogens is 2. The number of amides is 1. The Morgan fingerprint density at radius 2 is 1.78 bits per heavy atom. The Hall–Kier alpha value is -4.59. The minimum Gasteiger partial charge on any atom is -0.461 e. The first kappa shape index (κ1) is 25.5. The van der Waals surface area contributed by atoms with Gasteiger partial charge in [-0.15, -0.1) is 11.3 Å². The van der Waals surface area contributed by atoms with Gasteiger partial charge in [0.05, 0.1) is 28.2 Å². The lowest BCUT2D eigenvalue weighted by molar-refractivity contribution is -0.384. The molecule has 0 spiro atoms. The van der Waals surface area contributed by atoms with Gasteiger partial charge >= 0.3 is 12.1 Å². The summed E-state index contributed by atoms with van der Waals surface area (Å²) in [6, 6.07) is 8.33. The van der Waals surface area contributed by atoms with Crippen LogP contribution in [-0.4, -0.2) is 33.2 Å². The molecule has 0 saturated heterocycles. The largest absolute Gasteiger partial charge is 0.461 e. The topological polar surface area (TPSA) is 133 Å². The van der Waals surface area contributed by atoms with Gasteiger partial charge in [0.2, 0.25) is 0 Å². The van der Waals surface area contributed by atoms with Gasteiger partial charge in [-0.1, -0.05) is 0 Å². The summed E-state index contributed by atoms with van der Waals surface area (Å²) < 4.78 is 44.7. The van der Waals surface area contributed by atoms with E-state index < -0.39 is 34.1 Å². The fourth-order valence-corrected chi connectivity index (χ4v) is 4.30. The maximum atomic E-state index is 13.4. The highest BCUT2D eigenvalue weighted by Gasteiger charge is 2.30. The Morgan fingerprint density at radius 3 is 2.35 bits per heavy atom. The van der Waals surface area contributed by atoms with Crippen molar-refractivity contribution in [3.05, 3.63) is 91.2 Å². The fraction of sp³-hybridized carbons (Fsp3) is 0.130. The average molecular weight is 532 g/mol. The Labute approximate surface area is 209 Å². The maximum absolute atomic E-state index is 13.4. The van der Waals surface area contributed by atoms with Crippen LogP contribution in [0.15, 0.2) is 58.7 Å². The van der Waals surface area contributed by atoms with Gasteiger partial charge in [-0.25, -0.2) is 4.79 Å². The van der Waals surface area contributed by atoms with Gasteiger partial charge in [0.15, 0.2) is 5.69 Å². The number of fused-ring (bicyclic) bond motifs is 1. The molecule has 14 heteroatoms. The zero-order valence-corrected chi connectivity index (χ0v) is 19.6. The summed E-state index contributed by atoms with van der Waals surface area (Å²) in [7, 11) is 0. The first-order valence-corrected chi connectivity index (χ1v) is 11.3. The number of rotatable bonds is 6. The molecule has 4 aromatic rings. The third kappa shape index (κ3) is 5.04. The summed E-state index contributed by atoms with van der Waals surface area (Å²) in [5.74, 6) is -1.56. The van der Waals surface area contributed by atoms with Crippen molar-refractivity contribution in [1.29, 1.82) is 0 Å². The average Bonchev–Trinajstić information content (AvgIpc) is 3.28. The van der Waals surface area contributed by atoms with E-state index in [1.807, 2.05) is 0 Å². The van der Waals surface area contributed by atoms with Crippen LogP contribution in [0.25, 0.3) is 16.5 Å². The molecule has 190 valence electrons. The van der Waals surface area contributed by atoms with Crippen molar-refractivity contribution >= 4 is 44.7 Å². The third-order valence-electron chi connectivity index (χ3n) is 5.13. The summed E-state index contributed by atoms with van der Waals surface area (Å²) in [4.78, 5) is 48.9. The lowest BCUT2D eigenvalue weighted by Gasteiger charge is -2.11. The summed E-state index contributed by atoms with van der Waals surface area (Å²) in [5, 5.41) is 18.8. The minimum absolute atomic E-state index is 0.00468. The number of alkyl halides is 3. The number of benzene rings is 2. The molecule has 2 aromatic carbocycles. The van der Waals surface area contributed by atoms with Crippen LogP contribution in [0.1, 0.15) is 33.3 Å². The van der Waals surface area contributed by atoms with Gasteiger partial charge in [0.1, 0.15) is 5.00 Å². The van der Waals surface area contributed by atoms with Crippen LogP contribution >= 0.6 is 11.3 Å². The smallest absolute Gasteiger partial charge is 0.416 e. The summed E-state index contributed by atoms with van der Waals surface area (Å²) in [6.45, 7) is 1.56. The van der Waals surface area contributed by atoms with Crippen molar-refractivity contribution in [1.82, 2.24) is 9.78 Å². The SMILES string of the molecule is CCOC(=O)c1nn(-c2ccc(C(F)(F)F)cc2)c(=O)c2c(NC(=O)c3ccc([N+](=O)[O-])cc3)scc12. The standard InChI is InChI=1S/C23H15F3N4O6S/c1-2-36-22(33)18-16-11-37-20(27-19(31)12-3-7-15(8-4-12)30(34)35)17(16)21(32)29(28-18)14-9-5-13(6-10-14)23(24,25)26/h3-11H,2H2,1H3,(H,27,31). The molecule has 0 saturated carbocycles. The molecule has 0 aliphatic carbocycles. The zero-order chi connectivity index (χ0) is 26.9. The molecule has 0 bridgehead atoms. The Morgan fingerprint density at radius 1 is 1.14 bits per heavy atom. The van der Waals surface area contributed by atoms with Crippen LogP contribution in [0.5, 0.6) is 0 Å². The summed E-state index contributed by atoms with van der Waals surface area (Å²) in [5.41, 5.74) is -2.23. The molecule has 0 fully saturated rings. The minimum atomic E-state index is -4.60. The van der Waals surface area contributed by atoms with Crippen molar-refractivity contribution in [3.8, 4) is 5.69 Å². The van der Waals surface area contributed by atoms with Crippen LogP contribution in [0.2, 0.25) is 0 Å². The van der Waals surface area contributed by atoms with Crippen molar-refractivity contribution in [2.24, 2.45) is 0 Å². The van der Waals surface area contributed by atoms with Crippen LogP contribution in [0.3, 0.4) is 0 Å². The normalized spacial score (nSPS) is 11.4. The number of nitro groups is 1. The molecular formula is C23H15F3N4O6S. The second kappa shape index (κ2) is 9.81. The van der Waals surface area contributed by atoms with E-state index >= 15 is 0 Å². The van der Waals surface area contributed by atoms with Crippen molar-refractivity contribution in [2.75, 3.05) is 11.9 Å². The summed E-state index contributed by atoms with van der Waals surface area (Å²) >= 11 is 0.917.